The minimum atomic E-state index is -0.207. The van der Waals surface area contributed by atoms with Gasteiger partial charge in [0.15, 0.2) is 0 Å². The Morgan fingerprint density at radius 3 is 2.96 bits per heavy atom. The number of rotatable bonds is 3. The molecule has 2 aliphatic heterocycles. The lowest BCUT2D eigenvalue weighted by molar-refractivity contribution is -0.131. The van der Waals surface area contributed by atoms with Crippen molar-refractivity contribution in [3.8, 4) is 0 Å². The molecule has 142 valence electrons. The predicted octanol–water partition coefficient (Wildman–Crippen LogP) is 1.64. The SMILES string of the molecule is CC(=O)N1CCc2c(nc(C3CCCN3C(=O)Cc3ccsc3)[nH]c2=O)C1. The maximum atomic E-state index is 12.8. The van der Waals surface area contributed by atoms with Crippen LogP contribution >= 0.6 is 11.3 Å². The van der Waals surface area contributed by atoms with Crippen molar-refractivity contribution >= 4 is 23.2 Å². The number of aromatic nitrogens is 2. The highest BCUT2D eigenvalue weighted by Gasteiger charge is 2.33. The number of nitrogens with zero attached hydrogens (tertiary/aromatic N) is 3. The lowest BCUT2D eigenvalue weighted by Crippen LogP contribution is -2.39. The summed E-state index contributed by atoms with van der Waals surface area (Å²) in [5.41, 5.74) is 2.19. The molecule has 1 fully saturated rings. The second kappa shape index (κ2) is 7.26. The van der Waals surface area contributed by atoms with Crippen LogP contribution in [-0.2, 0) is 29.0 Å². The zero-order valence-electron chi connectivity index (χ0n) is 15.2. The van der Waals surface area contributed by atoms with Crippen LogP contribution in [0.1, 0.15) is 48.5 Å². The molecule has 2 aliphatic rings. The van der Waals surface area contributed by atoms with E-state index in [9.17, 15) is 14.4 Å². The molecule has 0 saturated carbocycles. The highest BCUT2D eigenvalue weighted by atomic mass is 32.1. The molecule has 1 atom stereocenters. The number of H-pyrrole nitrogens is 1. The molecule has 2 aromatic heterocycles. The first-order valence-electron chi connectivity index (χ1n) is 9.21. The summed E-state index contributed by atoms with van der Waals surface area (Å²) in [4.78, 5) is 48.1. The summed E-state index contributed by atoms with van der Waals surface area (Å²) < 4.78 is 0. The number of carbonyl (C=O) groups is 2. The highest BCUT2D eigenvalue weighted by Crippen LogP contribution is 2.31. The van der Waals surface area contributed by atoms with Crippen molar-refractivity contribution < 1.29 is 9.59 Å². The van der Waals surface area contributed by atoms with E-state index in [1.807, 2.05) is 21.7 Å². The van der Waals surface area contributed by atoms with E-state index >= 15 is 0 Å². The Hall–Kier alpha value is -2.48. The Bertz CT molecular complexity index is 922. The van der Waals surface area contributed by atoms with Crippen LogP contribution in [0.2, 0.25) is 0 Å². The van der Waals surface area contributed by atoms with E-state index in [0.717, 1.165) is 18.4 Å². The largest absolute Gasteiger partial charge is 0.337 e. The number of likely N-dealkylation sites (tertiary alicyclic amines) is 1. The predicted molar refractivity (Wildman–Crippen MR) is 101 cm³/mol. The third-order valence-electron chi connectivity index (χ3n) is 5.36. The van der Waals surface area contributed by atoms with Crippen LogP contribution in [0.5, 0.6) is 0 Å². The van der Waals surface area contributed by atoms with Crippen LogP contribution in [0, 0.1) is 0 Å². The first-order chi connectivity index (χ1) is 13.0. The Morgan fingerprint density at radius 2 is 2.22 bits per heavy atom. The topological polar surface area (TPSA) is 86.4 Å². The summed E-state index contributed by atoms with van der Waals surface area (Å²) in [7, 11) is 0. The molecule has 1 N–H and O–H groups in total. The molecule has 0 aliphatic carbocycles. The number of amides is 2. The number of thiophene rings is 1. The van der Waals surface area contributed by atoms with E-state index in [-0.39, 0.29) is 23.4 Å². The van der Waals surface area contributed by atoms with Gasteiger partial charge in [0.1, 0.15) is 5.82 Å². The molecule has 0 spiro atoms. The average molecular weight is 386 g/mol. The number of aromatic amines is 1. The zero-order chi connectivity index (χ0) is 19.0. The Morgan fingerprint density at radius 1 is 1.37 bits per heavy atom. The van der Waals surface area contributed by atoms with E-state index in [1.165, 1.54) is 6.92 Å². The number of carbonyl (C=O) groups excluding carboxylic acids is 2. The molecular formula is C19H22N4O3S. The van der Waals surface area contributed by atoms with Gasteiger partial charge in [0.25, 0.3) is 5.56 Å². The Labute approximate surface area is 161 Å². The number of fused-ring (bicyclic) bond motifs is 1. The molecule has 0 bridgehead atoms. The van der Waals surface area contributed by atoms with Crippen LogP contribution in [0.4, 0.5) is 0 Å². The van der Waals surface area contributed by atoms with Crippen molar-refractivity contribution in [2.75, 3.05) is 13.1 Å². The third-order valence-corrected chi connectivity index (χ3v) is 6.09. The maximum absolute atomic E-state index is 12.8. The van der Waals surface area contributed by atoms with Crippen molar-refractivity contribution in [3.05, 3.63) is 49.8 Å². The van der Waals surface area contributed by atoms with Crippen molar-refractivity contribution in [1.29, 1.82) is 0 Å². The summed E-state index contributed by atoms with van der Waals surface area (Å²) in [5, 5.41) is 3.95. The molecule has 1 saturated heterocycles. The number of nitrogens with one attached hydrogen (secondary N) is 1. The first-order valence-corrected chi connectivity index (χ1v) is 10.1. The van der Waals surface area contributed by atoms with E-state index in [2.05, 4.69) is 9.97 Å². The second-order valence-electron chi connectivity index (χ2n) is 7.12. The summed E-state index contributed by atoms with van der Waals surface area (Å²) in [6.45, 7) is 3.10. The van der Waals surface area contributed by atoms with Crippen molar-refractivity contribution in [2.45, 2.75) is 45.2 Å². The lowest BCUT2D eigenvalue weighted by atomic mass is 10.1. The highest BCUT2D eigenvalue weighted by molar-refractivity contribution is 7.08. The molecule has 2 amide bonds. The fourth-order valence-electron chi connectivity index (χ4n) is 3.90. The molecule has 7 nitrogen and oxygen atoms in total. The van der Waals surface area contributed by atoms with Crippen LogP contribution in [0.3, 0.4) is 0 Å². The van der Waals surface area contributed by atoms with Gasteiger partial charge in [0.2, 0.25) is 11.8 Å². The van der Waals surface area contributed by atoms with Gasteiger partial charge in [-0.3, -0.25) is 14.4 Å². The quantitative estimate of drug-likeness (QED) is 0.869. The van der Waals surface area contributed by atoms with Gasteiger partial charge in [-0.1, -0.05) is 0 Å². The van der Waals surface area contributed by atoms with Gasteiger partial charge in [0, 0.05) is 25.6 Å². The third kappa shape index (κ3) is 3.53. The molecule has 1 unspecified atom stereocenters. The van der Waals surface area contributed by atoms with E-state index < -0.39 is 0 Å². The number of hydrogen-bond acceptors (Lipinski definition) is 5. The van der Waals surface area contributed by atoms with Gasteiger partial charge in [-0.15, -0.1) is 0 Å². The van der Waals surface area contributed by atoms with Crippen LogP contribution < -0.4 is 5.56 Å². The Balaban J connectivity index is 1.59. The van der Waals surface area contributed by atoms with E-state index in [1.54, 1.807) is 16.2 Å². The second-order valence-corrected chi connectivity index (χ2v) is 7.90. The minimum absolute atomic E-state index is 0.0160. The molecule has 4 heterocycles. The molecule has 0 aromatic carbocycles. The molecule has 8 heteroatoms. The summed E-state index contributed by atoms with van der Waals surface area (Å²) >= 11 is 1.58. The Kier molecular flexibility index (Phi) is 4.82. The van der Waals surface area contributed by atoms with E-state index in [0.29, 0.717) is 49.6 Å². The zero-order valence-corrected chi connectivity index (χ0v) is 16.1. The summed E-state index contributed by atoms with van der Waals surface area (Å²) in [5.74, 6) is 0.583. The normalized spacial score (nSPS) is 19.2. The molecular weight excluding hydrogens is 364 g/mol. The van der Waals surface area contributed by atoms with Crippen LogP contribution in [0.15, 0.2) is 21.6 Å². The van der Waals surface area contributed by atoms with Crippen LogP contribution in [-0.4, -0.2) is 44.7 Å². The van der Waals surface area contributed by atoms with Gasteiger partial charge in [0.05, 0.1) is 24.7 Å². The van der Waals surface area contributed by atoms with Crippen molar-refractivity contribution in [1.82, 2.24) is 19.8 Å². The molecule has 4 rings (SSSR count). The standard InChI is InChI=1S/C19H22N4O3S/c1-12(24)22-7-4-14-15(10-22)20-18(21-19(14)26)16-3-2-6-23(16)17(25)9-13-5-8-27-11-13/h5,8,11,16H,2-4,6-7,9-10H2,1H3,(H,20,21,26). The summed E-state index contributed by atoms with van der Waals surface area (Å²) in [6, 6.07) is 1.75. The lowest BCUT2D eigenvalue weighted by Gasteiger charge is -2.28. The minimum Gasteiger partial charge on any atom is -0.337 e. The van der Waals surface area contributed by atoms with E-state index in [4.69, 9.17) is 0 Å². The van der Waals surface area contributed by atoms with Gasteiger partial charge >= 0.3 is 0 Å². The monoisotopic (exact) mass is 386 g/mol. The van der Waals surface area contributed by atoms with Gasteiger partial charge in [-0.25, -0.2) is 4.98 Å². The fourth-order valence-corrected chi connectivity index (χ4v) is 4.57. The van der Waals surface area contributed by atoms with Gasteiger partial charge in [-0.05, 0) is 41.7 Å². The molecule has 27 heavy (non-hydrogen) atoms. The maximum Gasteiger partial charge on any atom is 0.254 e. The van der Waals surface area contributed by atoms with Crippen LogP contribution in [0.25, 0.3) is 0 Å². The fraction of sp³-hybridized carbons (Fsp3) is 0.474. The summed E-state index contributed by atoms with van der Waals surface area (Å²) in [6.07, 6.45) is 2.56. The first kappa shape index (κ1) is 17.9. The average Bonchev–Trinajstić information content (AvgIpc) is 3.32. The molecule has 2 aromatic rings. The smallest absolute Gasteiger partial charge is 0.254 e. The van der Waals surface area contributed by atoms with Gasteiger partial charge < -0.3 is 14.8 Å². The van der Waals surface area contributed by atoms with Gasteiger partial charge in [-0.2, -0.15) is 11.3 Å². The molecule has 0 radical (unpaired) electrons. The van der Waals surface area contributed by atoms with Crippen molar-refractivity contribution in [3.63, 3.8) is 0 Å². The number of hydrogen-bond donors (Lipinski definition) is 1. The van der Waals surface area contributed by atoms with Crippen molar-refractivity contribution in [2.24, 2.45) is 0 Å².